The average Bonchev–Trinajstić information content (AvgIpc) is 3.08. The smallest absolute Gasteiger partial charge is 0.147 e. The molecule has 2 aromatic heterocycles. The molecule has 0 radical (unpaired) electrons. The van der Waals surface area contributed by atoms with E-state index in [1.165, 1.54) is 5.56 Å². The first kappa shape index (κ1) is 12.5. The van der Waals surface area contributed by atoms with Gasteiger partial charge in [0.15, 0.2) is 0 Å². The molecule has 1 atom stereocenters. The lowest BCUT2D eigenvalue weighted by Crippen LogP contribution is -2.32. The second kappa shape index (κ2) is 5.63. The molecule has 1 unspecified atom stereocenters. The van der Waals surface area contributed by atoms with Gasteiger partial charge in [0.25, 0.3) is 0 Å². The molecule has 4 nitrogen and oxygen atoms in total. The van der Waals surface area contributed by atoms with Gasteiger partial charge in [0.1, 0.15) is 5.82 Å². The van der Waals surface area contributed by atoms with Gasteiger partial charge in [-0.2, -0.15) is 0 Å². The molecule has 0 aliphatic carbocycles. The van der Waals surface area contributed by atoms with E-state index in [0.717, 1.165) is 36.9 Å². The van der Waals surface area contributed by atoms with Crippen LogP contribution in [0.25, 0.3) is 0 Å². The van der Waals surface area contributed by atoms with Gasteiger partial charge in [0, 0.05) is 44.3 Å². The molecule has 0 saturated carbocycles. The van der Waals surface area contributed by atoms with E-state index in [2.05, 4.69) is 26.3 Å². The van der Waals surface area contributed by atoms with Gasteiger partial charge in [-0.3, -0.25) is 0 Å². The van der Waals surface area contributed by atoms with Crippen LogP contribution < -0.4 is 10.2 Å². The lowest BCUT2D eigenvalue weighted by molar-refractivity contribution is 0.551. The zero-order valence-electron chi connectivity index (χ0n) is 10.6. The predicted molar refractivity (Wildman–Crippen MR) is 77.5 cm³/mol. The monoisotopic (exact) mass is 276 g/mol. The second-order valence-electron chi connectivity index (χ2n) is 4.84. The Morgan fingerprint density at radius 2 is 2.42 bits per heavy atom. The average molecular weight is 277 g/mol. The summed E-state index contributed by atoms with van der Waals surface area (Å²) in [5.74, 6) is 0.898. The molecule has 0 spiro atoms. The third-order valence-corrected chi connectivity index (χ3v) is 3.78. The second-order valence-corrected chi connectivity index (χ2v) is 5.25. The van der Waals surface area contributed by atoms with Gasteiger partial charge < -0.3 is 15.2 Å². The summed E-state index contributed by atoms with van der Waals surface area (Å²) in [6.45, 7) is 2.86. The third-order valence-electron chi connectivity index (χ3n) is 3.48. The molecule has 0 aromatic carbocycles. The van der Waals surface area contributed by atoms with E-state index in [9.17, 15) is 0 Å². The van der Waals surface area contributed by atoms with Gasteiger partial charge >= 0.3 is 0 Å². The quantitative estimate of drug-likeness (QED) is 0.901. The minimum atomic E-state index is 0.493. The molecule has 2 N–H and O–H groups in total. The summed E-state index contributed by atoms with van der Waals surface area (Å²) in [7, 11) is 0. The van der Waals surface area contributed by atoms with Crippen LogP contribution in [0.5, 0.6) is 0 Å². The van der Waals surface area contributed by atoms with E-state index in [4.69, 9.17) is 11.6 Å². The number of anilines is 1. The maximum absolute atomic E-state index is 6.18. The first-order valence-electron chi connectivity index (χ1n) is 6.53. The number of H-pyrrole nitrogens is 1. The van der Waals surface area contributed by atoms with Gasteiger partial charge in [-0.25, -0.2) is 4.98 Å². The fourth-order valence-corrected chi connectivity index (χ4v) is 2.70. The lowest BCUT2D eigenvalue weighted by atomic mass is 10.2. The van der Waals surface area contributed by atoms with Crippen molar-refractivity contribution >= 4 is 17.4 Å². The first-order valence-corrected chi connectivity index (χ1v) is 6.91. The number of nitrogens with one attached hydrogen (secondary N) is 2. The van der Waals surface area contributed by atoms with Crippen LogP contribution in [0.1, 0.15) is 12.0 Å². The van der Waals surface area contributed by atoms with Crippen molar-refractivity contribution in [2.24, 2.45) is 0 Å². The molecule has 5 heteroatoms. The zero-order valence-corrected chi connectivity index (χ0v) is 11.4. The molecule has 100 valence electrons. The number of halogens is 1. The molecular weight excluding hydrogens is 260 g/mol. The summed E-state index contributed by atoms with van der Waals surface area (Å²) < 4.78 is 0. The van der Waals surface area contributed by atoms with Crippen molar-refractivity contribution in [3.8, 4) is 0 Å². The van der Waals surface area contributed by atoms with Crippen LogP contribution in [0.2, 0.25) is 5.02 Å². The molecule has 0 bridgehead atoms. The number of nitrogens with zero attached hydrogens (tertiary/aromatic N) is 2. The van der Waals surface area contributed by atoms with Crippen LogP contribution in [0.3, 0.4) is 0 Å². The molecule has 2 aromatic rings. The van der Waals surface area contributed by atoms with Crippen LogP contribution in [0.4, 0.5) is 5.82 Å². The van der Waals surface area contributed by atoms with Gasteiger partial charge in [0.2, 0.25) is 0 Å². The van der Waals surface area contributed by atoms with Gasteiger partial charge in [-0.05, 0) is 30.2 Å². The van der Waals surface area contributed by atoms with Gasteiger partial charge in [-0.15, -0.1) is 0 Å². The highest BCUT2D eigenvalue weighted by Crippen LogP contribution is 2.25. The van der Waals surface area contributed by atoms with Crippen LogP contribution in [-0.2, 0) is 6.54 Å². The van der Waals surface area contributed by atoms with E-state index in [1.54, 1.807) is 6.20 Å². The minimum Gasteiger partial charge on any atom is -0.367 e. The molecule has 1 aliphatic rings. The fourth-order valence-electron chi connectivity index (χ4n) is 2.46. The Balaban J connectivity index is 1.57. The fraction of sp³-hybridized carbons (Fsp3) is 0.357. The Kier molecular flexibility index (Phi) is 3.71. The van der Waals surface area contributed by atoms with Crippen molar-refractivity contribution in [3.63, 3.8) is 0 Å². The molecule has 0 amide bonds. The van der Waals surface area contributed by atoms with Crippen LogP contribution >= 0.6 is 11.6 Å². The largest absolute Gasteiger partial charge is 0.367 e. The third kappa shape index (κ3) is 2.91. The highest BCUT2D eigenvalue weighted by atomic mass is 35.5. The van der Waals surface area contributed by atoms with Crippen LogP contribution in [0, 0.1) is 0 Å². The molecule has 3 rings (SSSR count). The van der Waals surface area contributed by atoms with Crippen molar-refractivity contribution in [3.05, 3.63) is 47.4 Å². The maximum atomic E-state index is 6.18. The SMILES string of the molecule is Clc1cccnc1N1CCC(NCc2cc[nH]c2)C1. The Hall–Kier alpha value is -1.52. The maximum Gasteiger partial charge on any atom is 0.147 e. The zero-order chi connectivity index (χ0) is 13.1. The Morgan fingerprint density at radius 3 is 3.21 bits per heavy atom. The normalized spacial score (nSPS) is 19.0. The highest BCUT2D eigenvalue weighted by molar-refractivity contribution is 6.32. The molecule has 1 fully saturated rings. The number of hydrogen-bond donors (Lipinski definition) is 2. The van der Waals surface area contributed by atoms with Crippen LogP contribution in [-0.4, -0.2) is 29.1 Å². The first-order chi connectivity index (χ1) is 9.33. The molecule has 19 heavy (non-hydrogen) atoms. The summed E-state index contributed by atoms with van der Waals surface area (Å²) in [5, 5.41) is 4.30. The topological polar surface area (TPSA) is 44.0 Å². The Morgan fingerprint density at radius 1 is 1.47 bits per heavy atom. The van der Waals surface area contributed by atoms with E-state index in [-0.39, 0.29) is 0 Å². The van der Waals surface area contributed by atoms with Gasteiger partial charge in [-0.1, -0.05) is 11.6 Å². The summed E-state index contributed by atoms with van der Waals surface area (Å²) in [4.78, 5) is 9.68. The molecule has 3 heterocycles. The van der Waals surface area contributed by atoms with E-state index < -0.39 is 0 Å². The number of hydrogen-bond acceptors (Lipinski definition) is 3. The van der Waals surface area contributed by atoms with Crippen molar-refractivity contribution in [2.75, 3.05) is 18.0 Å². The highest BCUT2D eigenvalue weighted by Gasteiger charge is 2.24. The Labute approximate surface area is 117 Å². The van der Waals surface area contributed by atoms with Crippen molar-refractivity contribution in [1.29, 1.82) is 0 Å². The van der Waals surface area contributed by atoms with Gasteiger partial charge in [0.05, 0.1) is 5.02 Å². The summed E-state index contributed by atoms with van der Waals surface area (Å²) in [5.41, 5.74) is 1.29. The number of aromatic amines is 1. The van der Waals surface area contributed by atoms with E-state index in [1.807, 2.05) is 24.5 Å². The Bertz CT molecular complexity index is 526. The van der Waals surface area contributed by atoms with E-state index in [0.29, 0.717) is 6.04 Å². The molecular formula is C14H17ClN4. The van der Waals surface area contributed by atoms with Crippen molar-refractivity contribution in [2.45, 2.75) is 19.0 Å². The minimum absolute atomic E-state index is 0.493. The van der Waals surface area contributed by atoms with Crippen LogP contribution in [0.15, 0.2) is 36.8 Å². The number of rotatable bonds is 4. The predicted octanol–water partition coefficient (Wildman–Crippen LogP) is 2.43. The summed E-state index contributed by atoms with van der Waals surface area (Å²) in [6.07, 6.45) is 6.89. The summed E-state index contributed by atoms with van der Waals surface area (Å²) in [6, 6.07) is 6.34. The summed E-state index contributed by atoms with van der Waals surface area (Å²) >= 11 is 6.18. The van der Waals surface area contributed by atoms with Crippen molar-refractivity contribution < 1.29 is 0 Å². The molecule has 1 aliphatic heterocycles. The van der Waals surface area contributed by atoms with E-state index >= 15 is 0 Å². The lowest BCUT2D eigenvalue weighted by Gasteiger charge is -2.18. The number of pyridine rings is 1. The van der Waals surface area contributed by atoms with Crippen molar-refractivity contribution in [1.82, 2.24) is 15.3 Å². The molecule has 1 saturated heterocycles. The standard InChI is InChI=1S/C14H17ClN4/c15-13-2-1-5-17-14(13)19-7-4-12(10-19)18-9-11-3-6-16-8-11/h1-3,5-6,8,12,16,18H,4,7,9-10H2. The number of aromatic nitrogens is 2.